The largest absolute Gasteiger partial charge is 0.328 e. The van der Waals surface area contributed by atoms with E-state index in [1.165, 1.54) is 12.1 Å². The number of hydrogen-bond donors (Lipinski definition) is 1. The maximum atomic E-state index is 12.4. The molecule has 9 heteroatoms. The number of pyridine rings is 1. The van der Waals surface area contributed by atoms with Crippen molar-refractivity contribution in [2.45, 2.75) is 18.0 Å². The van der Waals surface area contributed by atoms with Gasteiger partial charge in [-0.3, -0.25) is 9.78 Å². The molecule has 0 bridgehead atoms. The van der Waals surface area contributed by atoms with Crippen molar-refractivity contribution in [2.75, 3.05) is 0 Å². The van der Waals surface area contributed by atoms with Crippen LogP contribution in [0.2, 0.25) is 5.02 Å². The molecule has 0 fully saturated rings. The number of nitrogens with zero attached hydrogens (tertiary/aromatic N) is 2. The zero-order valence-corrected chi connectivity index (χ0v) is 14.2. The van der Waals surface area contributed by atoms with E-state index in [0.717, 1.165) is 5.69 Å². The molecule has 23 heavy (non-hydrogen) atoms. The van der Waals surface area contributed by atoms with E-state index in [9.17, 15) is 13.2 Å². The minimum Gasteiger partial charge on any atom is -0.328 e. The smallest absolute Gasteiger partial charge is 0.254 e. The van der Waals surface area contributed by atoms with E-state index in [1.54, 1.807) is 17.2 Å². The van der Waals surface area contributed by atoms with Crippen LogP contribution in [0.4, 0.5) is 0 Å². The van der Waals surface area contributed by atoms with Crippen LogP contribution in [0.15, 0.2) is 41.4 Å². The highest BCUT2D eigenvalue weighted by Gasteiger charge is 2.30. The summed E-state index contributed by atoms with van der Waals surface area (Å²) < 4.78 is 23.0. The van der Waals surface area contributed by atoms with Gasteiger partial charge in [-0.1, -0.05) is 17.7 Å². The molecule has 6 nitrogen and oxygen atoms in total. The number of fused-ring (bicyclic) bond motifs is 1. The standard InChI is InChI=1S/C14H12ClN3O3S.ClH/c15-12-5-9-7-18(8-10-3-1-2-4-17-10)14(19)11(9)6-13(12)22(16,20)21;/h1-6H,7-8H2,(H2,16,20,21);1H. The lowest BCUT2D eigenvalue weighted by Gasteiger charge is -2.14. The van der Waals surface area contributed by atoms with Crippen LogP contribution in [-0.4, -0.2) is 24.2 Å². The first-order valence-corrected chi connectivity index (χ1v) is 8.33. The predicted octanol–water partition coefficient (Wildman–Crippen LogP) is 1.96. The zero-order valence-electron chi connectivity index (χ0n) is 11.8. The van der Waals surface area contributed by atoms with Crippen LogP contribution in [0.3, 0.4) is 0 Å². The van der Waals surface area contributed by atoms with Gasteiger partial charge in [0.2, 0.25) is 10.0 Å². The molecular weight excluding hydrogens is 361 g/mol. The van der Waals surface area contributed by atoms with Crippen LogP contribution in [-0.2, 0) is 23.1 Å². The summed E-state index contributed by atoms with van der Waals surface area (Å²) in [6.07, 6.45) is 1.65. The maximum absolute atomic E-state index is 12.4. The van der Waals surface area contributed by atoms with Gasteiger partial charge in [-0.05, 0) is 29.8 Å². The molecule has 0 spiro atoms. The van der Waals surface area contributed by atoms with E-state index in [1.807, 2.05) is 12.1 Å². The minimum absolute atomic E-state index is 0. The van der Waals surface area contributed by atoms with Gasteiger partial charge in [0.1, 0.15) is 4.90 Å². The highest BCUT2D eigenvalue weighted by atomic mass is 35.5. The Kier molecular flexibility index (Phi) is 4.95. The van der Waals surface area contributed by atoms with Crippen LogP contribution >= 0.6 is 24.0 Å². The summed E-state index contributed by atoms with van der Waals surface area (Å²) in [6, 6.07) is 8.17. The van der Waals surface area contributed by atoms with E-state index >= 15 is 0 Å². The Bertz CT molecular complexity index is 857. The van der Waals surface area contributed by atoms with E-state index in [-0.39, 0.29) is 28.2 Å². The number of halogens is 2. The number of hydrogen-bond acceptors (Lipinski definition) is 4. The molecule has 0 radical (unpaired) electrons. The second-order valence-electron chi connectivity index (χ2n) is 4.97. The van der Waals surface area contributed by atoms with Crippen molar-refractivity contribution in [3.05, 3.63) is 58.4 Å². The summed E-state index contributed by atoms with van der Waals surface area (Å²) in [4.78, 5) is 17.9. The van der Waals surface area contributed by atoms with Gasteiger partial charge in [-0.25, -0.2) is 13.6 Å². The molecule has 2 N–H and O–H groups in total. The molecule has 1 aromatic carbocycles. The van der Waals surface area contributed by atoms with Crippen molar-refractivity contribution in [1.29, 1.82) is 0 Å². The van der Waals surface area contributed by atoms with Gasteiger partial charge in [-0.2, -0.15) is 0 Å². The topological polar surface area (TPSA) is 93.4 Å². The lowest BCUT2D eigenvalue weighted by Crippen LogP contribution is -2.23. The Morgan fingerprint density at radius 2 is 2.04 bits per heavy atom. The van der Waals surface area contributed by atoms with Crippen molar-refractivity contribution < 1.29 is 13.2 Å². The van der Waals surface area contributed by atoms with Crippen LogP contribution in [0.5, 0.6) is 0 Å². The second kappa shape index (κ2) is 6.45. The molecule has 122 valence electrons. The number of amides is 1. The summed E-state index contributed by atoms with van der Waals surface area (Å²) in [5, 5.41) is 5.13. The number of sulfonamides is 1. The Morgan fingerprint density at radius 3 is 2.65 bits per heavy atom. The number of primary sulfonamides is 1. The molecule has 0 atom stereocenters. The molecule has 0 aliphatic carbocycles. The van der Waals surface area contributed by atoms with E-state index in [0.29, 0.717) is 24.2 Å². The van der Waals surface area contributed by atoms with Crippen LogP contribution in [0.1, 0.15) is 21.6 Å². The molecule has 1 aromatic heterocycles. The third kappa shape index (κ3) is 3.48. The molecule has 0 saturated carbocycles. The van der Waals surface area contributed by atoms with Crippen LogP contribution in [0.25, 0.3) is 0 Å². The number of rotatable bonds is 3. The van der Waals surface area contributed by atoms with Gasteiger partial charge in [0.15, 0.2) is 0 Å². The first kappa shape index (κ1) is 17.7. The Balaban J connectivity index is 0.00000192. The number of carbonyl (C=O) groups excluding carboxylic acids is 1. The van der Waals surface area contributed by atoms with Gasteiger partial charge >= 0.3 is 0 Å². The number of carbonyl (C=O) groups is 1. The minimum atomic E-state index is -3.97. The fraction of sp³-hybridized carbons (Fsp3) is 0.143. The van der Waals surface area contributed by atoms with E-state index in [2.05, 4.69) is 4.98 Å². The normalized spacial score (nSPS) is 13.7. The average molecular weight is 374 g/mol. The fourth-order valence-electron chi connectivity index (χ4n) is 2.41. The van der Waals surface area contributed by atoms with Crippen LogP contribution < -0.4 is 5.14 Å². The number of benzene rings is 1. The van der Waals surface area contributed by atoms with Gasteiger partial charge in [-0.15, -0.1) is 12.4 Å². The van der Waals surface area contributed by atoms with Gasteiger partial charge in [0.05, 0.1) is 17.3 Å². The summed E-state index contributed by atoms with van der Waals surface area (Å²) in [6.45, 7) is 0.700. The van der Waals surface area contributed by atoms with Crippen molar-refractivity contribution >= 4 is 39.9 Å². The third-order valence-corrected chi connectivity index (χ3v) is 4.80. The molecule has 2 heterocycles. The monoisotopic (exact) mass is 373 g/mol. The highest BCUT2D eigenvalue weighted by Crippen LogP contribution is 2.31. The lowest BCUT2D eigenvalue weighted by atomic mass is 10.1. The third-order valence-electron chi connectivity index (χ3n) is 3.42. The molecule has 3 rings (SSSR count). The predicted molar refractivity (Wildman–Crippen MR) is 87.9 cm³/mol. The molecule has 1 amide bonds. The second-order valence-corrected chi connectivity index (χ2v) is 6.90. The first-order chi connectivity index (χ1) is 10.4. The first-order valence-electron chi connectivity index (χ1n) is 6.40. The molecule has 0 saturated heterocycles. The van der Waals surface area contributed by atoms with Crippen molar-refractivity contribution in [3.8, 4) is 0 Å². The Labute approximate surface area is 144 Å². The van der Waals surface area contributed by atoms with Gasteiger partial charge in [0.25, 0.3) is 5.91 Å². The fourth-order valence-corrected chi connectivity index (χ4v) is 3.53. The molecular formula is C14H13Cl2N3O3S. The summed E-state index contributed by atoms with van der Waals surface area (Å²) in [7, 11) is -3.97. The molecule has 2 aromatic rings. The zero-order chi connectivity index (χ0) is 15.9. The SMILES string of the molecule is Cl.NS(=O)(=O)c1cc2c(cc1Cl)CN(Cc1ccccn1)C2=O. The van der Waals surface area contributed by atoms with E-state index < -0.39 is 10.0 Å². The molecule has 0 unspecified atom stereocenters. The molecule has 1 aliphatic rings. The molecule has 1 aliphatic heterocycles. The van der Waals surface area contributed by atoms with Crippen molar-refractivity contribution in [1.82, 2.24) is 9.88 Å². The summed E-state index contributed by atoms with van der Waals surface area (Å²) >= 11 is 5.95. The average Bonchev–Trinajstić information content (AvgIpc) is 2.74. The Morgan fingerprint density at radius 1 is 1.30 bits per heavy atom. The quantitative estimate of drug-likeness (QED) is 0.889. The van der Waals surface area contributed by atoms with Crippen molar-refractivity contribution in [2.24, 2.45) is 5.14 Å². The maximum Gasteiger partial charge on any atom is 0.254 e. The lowest BCUT2D eigenvalue weighted by molar-refractivity contribution is 0.0764. The van der Waals surface area contributed by atoms with E-state index in [4.69, 9.17) is 16.7 Å². The van der Waals surface area contributed by atoms with Crippen LogP contribution in [0, 0.1) is 0 Å². The number of aromatic nitrogens is 1. The van der Waals surface area contributed by atoms with Crippen molar-refractivity contribution in [3.63, 3.8) is 0 Å². The highest BCUT2D eigenvalue weighted by molar-refractivity contribution is 7.89. The van der Waals surface area contributed by atoms with Gasteiger partial charge in [0, 0.05) is 18.3 Å². The van der Waals surface area contributed by atoms with Gasteiger partial charge < -0.3 is 4.90 Å². The number of nitrogens with two attached hydrogens (primary N) is 1. The Hall–Kier alpha value is -1.67. The summed E-state index contributed by atoms with van der Waals surface area (Å²) in [5.41, 5.74) is 1.74. The summed E-state index contributed by atoms with van der Waals surface area (Å²) in [5.74, 6) is -0.262.